The summed E-state index contributed by atoms with van der Waals surface area (Å²) >= 11 is 6.25. The molecule has 1 fully saturated rings. The largest absolute Gasteiger partial charge is 0.494 e. The number of rotatable bonds is 6. The smallest absolute Gasteiger partial charge is 0.275 e. The van der Waals surface area contributed by atoms with Crippen molar-refractivity contribution in [1.29, 1.82) is 0 Å². The Morgan fingerprint density at radius 1 is 1.12 bits per heavy atom. The number of hydrogen-bond donors (Lipinski definition) is 4. The van der Waals surface area contributed by atoms with Crippen molar-refractivity contribution in [2.75, 3.05) is 48.8 Å². The molecule has 10 nitrogen and oxygen atoms in total. The molecule has 1 aliphatic heterocycles. The summed E-state index contributed by atoms with van der Waals surface area (Å²) in [5.74, 6) is 1.91. The van der Waals surface area contributed by atoms with Gasteiger partial charge in [-0.15, -0.1) is 0 Å². The molecular weight excluding hydrogens is 456 g/mol. The minimum absolute atomic E-state index is 0.351. The number of halogens is 1. The van der Waals surface area contributed by atoms with Crippen molar-refractivity contribution in [2.24, 2.45) is 0 Å². The lowest BCUT2D eigenvalue weighted by Gasteiger charge is -2.30. The van der Waals surface area contributed by atoms with Crippen LogP contribution in [0.3, 0.4) is 0 Å². The summed E-state index contributed by atoms with van der Waals surface area (Å²) in [5, 5.41) is 17.6. The number of aromatic nitrogens is 4. The van der Waals surface area contributed by atoms with Crippen molar-refractivity contribution in [1.82, 2.24) is 25.5 Å². The zero-order chi connectivity index (χ0) is 23.5. The van der Waals surface area contributed by atoms with Crippen molar-refractivity contribution in [3.8, 4) is 5.75 Å². The first-order valence-electron chi connectivity index (χ1n) is 10.8. The summed E-state index contributed by atoms with van der Waals surface area (Å²) in [4.78, 5) is 23.8. The van der Waals surface area contributed by atoms with Crippen LogP contribution in [-0.4, -0.2) is 53.5 Å². The quantitative estimate of drug-likeness (QED) is 0.331. The SMILES string of the molecule is COc1cc(N2CCNCC2)ccc1Nc1nc(Nc2ncccc2Cl)cc2cn[nH]c(=O)c12. The van der Waals surface area contributed by atoms with Crippen LogP contribution in [-0.2, 0) is 0 Å². The maximum Gasteiger partial charge on any atom is 0.275 e. The van der Waals surface area contributed by atoms with E-state index in [-0.39, 0.29) is 5.56 Å². The molecule has 4 heterocycles. The Labute approximate surface area is 200 Å². The van der Waals surface area contributed by atoms with Crippen molar-refractivity contribution in [2.45, 2.75) is 0 Å². The van der Waals surface area contributed by atoms with E-state index in [4.69, 9.17) is 16.3 Å². The van der Waals surface area contributed by atoms with Gasteiger partial charge in [0.15, 0.2) is 0 Å². The molecule has 0 aliphatic carbocycles. The van der Waals surface area contributed by atoms with Gasteiger partial charge < -0.3 is 25.6 Å². The first-order chi connectivity index (χ1) is 16.6. The van der Waals surface area contributed by atoms with Gasteiger partial charge in [0, 0.05) is 49.5 Å². The zero-order valence-corrected chi connectivity index (χ0v) is 19.2. The Balaban J connectivity index is 1.53. The molecule has 5 rings (SSSR count). The Kier molecular flexibility index (Phi) is 6.15. The number of aromatic amines is 1. The molecule has 1 saturated heterocycles. The molecule has 4 N–H and O–H groups in total. The van der Waals surface area contributed by atoms with Gasteiger partial charge in [-0.05, 0) is 30.3 Å². The van der Waals surface area contributed by atoms with Gasteiger partial charge in [0.25, 0.3) is 5.56 Å². The minimum atomic E-state index is -0.355. The van der Waals surface area contributed by atoms with E-state index >= 15 is 0 Å². The van der Waals surface area contributed by atoms with E-state index in [2.05, 4.69) is 41.0 Å². The molecule has 174 valence electrons. The number of ether oxygens (including phenoxy) is 1. The highest BCUT2D eigenvalue weighted by molar-refractivity contribution is 6.33. The van der Waals surface area contributed by atoms with Crippen LogP contribution in [0.15, 0.2) is 53.6 Å². The van der Waals surface area contributed by atoms with E-state index in [1.807, 2.05) is 18.2 Å². The number of benzene rings is 1. The van der Waals surface area contributed by atoms with Gasteiger partial charge in [-0.25, -0.2) is 15.1 Å². The third-order valence-electron chi connectivity index (χ3n) is 5.57. The number of piperazine rings is 1. The molecule has 0 bridgehead atoms. The van der Waals surface area contributed by atoms with Gasteiger partial charge in [-0.3, -0.25) is 4.79 Å². The maximum absolute atomic E-state index is 12.6. The number of H-pyrrole nitrogens is 1. The zero-order valence-electron chi connectivity index (χ0n) is 18.4. The molecule has 0 radical (unpaired) electrons. The van der Waals surface area contributed by atoms with Crippen LogP contribution in [0.2, 0.25) is 5.02 Å². The van der Waals surface area contributed by atoms with Gasteiger partial charge >= 0.3 is 0 Å². The number of nitrogens with one attached hydrogen (secondary N) is 4. The maximum atomic E-state index is 12.6. The van der Waals surface area contributed by atoms with Crippen LogP contribution in [0.4, 0.5) is 28.8 Å². The lowest BCUT2D eigenvalue weighted by atomic mass is 10.2. The molecule has 0 unspecified atom stereocenters. The topological polar surface area (TPSA) is 120 Å². The number of fused-ring (bicyclic) bond motifs is 1. The molecule has 0 amide bonds. The highest BCUT2D eigenvalue weighted by Gasteiger charge is 2.16. The summed E-state index contributed by atoms with van der Waals surface area (Å²) < 4.78 is 5.66. The Morgan fingerprint density at radius 2 is 1.97 bits per heavy atom. The van der Waals surface area contributed by atoms with E-state index < -0.39 is 0 Å². The summed E-state index contributed by atoms with van der Waals surface area (Å²) in [6.07, 6.45) is 3.20. The van der Waals surface area contributed by atoms with Gasteiger partial charge in [0.05, 0.1) is 29.4 Å². The molecule has 0 saturated carbocycles. The highest BCUT2D eigenvalue weighted by atomic mass is 35.5. The first-order valence-corrected chi connectivity index (χ1v) is 11.2. The fraction of sp³-hybridized carbons (Fsp3) is 0.217. The second-order valence-electron chi connectivity index (χ2n) is 7.72. The highest BCUT2D eigenvalue weighted by Crippen LogP contribution is 2.34. The number of nitrogens with zero attached hydrogens (tertiary/aromatic N) is 4. The normalized spacial score (nSPS) is 13.6. The standard InChI is InChI=1S/C23H23ClN8O2/c1-34-18-12-15(32-9-7-25-8-10-32)4-5-17(18)28-22-20-14(13-27-31-23(20)33)11-19(30-22)29-21-16(24)3-2-6-26-21/h2-6,11-13,25H,7-10H2,1H3,(H,31,33)(H2,26,28,29,30). The fourth-order valence-electron chi connectivity index (χ4n) is 3.91. The molecule has 1 aromatic carbocycles. The average Bonchev–Trinajstić information content (AvgIpc) is 2.86. The molecular formula is C23H23ClN8O2. The Morgan fingerprint density at radius 3 is 2.76 bits per heavy atom. The van der Waals surface area contributed by atoms with E-state index in [1.165, 1.54) is 0 Å². The number of pyridine rings is 2. The molecule has 11 heteroatoms. The van der Waals surface area contributed by atoms with Crippen LogP contribution in [0.1, 0.15) is 0 Å². The molecule has 3 aromatic heterocycles. The van der Waals surface area contributed by atoms with E-state index in [0.717, 1.165) is 31.9 Å². The average molecular weight is 479 g/mol. The third kappa shape index (κ3) is 4.45. The molecule has 1 aliphatic rings. The van der Waals surface area contributed by atoms with E-state index in [0.29, 0.717) is 44.7 Å². The number of hydrogen-bond acceptors (Lipinski definition) is 9. The predicted molar refractivity (Wildman–Crippen MR) is 134 cm³/mol. The molecule has 34 heavy (non-hydrogen) atoms. The second-order valence-corrected chi connectivity index (χ2v) is 8.13. The summed E-state index contributed by atoms with van der Waals surface area (Å²) in [6.45, 7) is 3.73. The lowest BCUT2D eigenvalue weighted by Crippen LogP contribution is -2.43. The summed E-state index contributed by atoms with van der Waals surface area (Å²) in [5.41, 5.74) is 1.40. The van der Waals surface area contributed by atoms with E-state index in [9.17, 15) is 4.79 Å². The van der Waals surface area contributed by atoms with Crippen LogP contribution < -0.4 is 31.1 Å². The van der Waals surface area contributed by atoms with Crippen LogP contribution >= 0.6 is 11.6 Å². The van der Waals surface area contributed by atoms with Gasteiger partial charge in [0.2, 0.25) is 0 Å². The Bertz CT molecular complexity index is 1390. The molecule has 4 aromatic rings. The Hall–Kier alpha value is -3.89. The van der Waals surface area contributed by atoms with Crippen molar-refractivity contribution < 1.29 is 4.74 Å². The summed E-state index contributed by atoms with van der Waals surface area (Å²) in [7, 11) is 1.62. The van der Waals surface area contributed by atoms with Gasteiger partial charge in [-0.2, -0.15) is 5.10 Å². The van der Waals surface area contributed by atoms with Gasteiger partial charge in [-0.1, -0.05) is 11.6 Å². The second kappa shape index (κ2) is 9.54. The summed E-state index contributed by atoms with van der Waals surface area (Å²) in [6, 6.07) is 11.1. The fourth-order valence-corrected chi connectivity index (χ4v) is 4.07. The number of methoxy groups -OCH3 is 1. The lowest BCUT2D eigenvalue weighted by molar-refractivity contribution is 0.416. The van der Waals surface area contributed by atoms with Crippen molar-refractivity contribution in [3.63, 3.8) is 0 Å². The van der Waals surface area contributed by atoms with Gasteiger partial charge in [0.1, 0.15) is 23.2 Å². The van der Waals surface area contributed by atoms with Crippen LogP contribution in [0.25, 0.3) is 10.8 Å². The molecule has 0 atom stereocenters. The van der Waals surface area contributed by atoms with Crippen LogP contribution in [0, 0.1) is 0 Å². The first kappa shape index (κ1) is 21.9. The predicted octanol–water partition coefficient (Wildman–Crippen LogP) is 3.27. The third-order valence-corrected chi connectivity index (χ3v) is 5.88. The van der Waals surface area contributed by atoms with Crippen molar-refractivity contribution >= 4 is 51.2 Å². The van der Waals surface area contributed by atoms with Crippen LogP contribution in [0.5, 0.6) is 5.75 Å². The number of anilines is 5. The molecule has 0 spiro atoms. The van der Waals surface area contributed by atoms with Crippen molar-refractivity contribution in [3.05, 3.63) is 64.2 Å². The van der Waals surface area contributed by atoms with E-state index in [1.54, 1.807) is 37.7 Å². The monoisotopic (exact) mass is 478 g/mol. The minimum Gasteiger partial charge on any atom is -0.494 e.